The van der Waals surface area contributed by atoms with Gasteiger partial charge in [-0.05, 0) is 49.2 Å². The molecule has 0 saturated carbocycles. The van der Waals surface area contributed by atoms with Gasteiger partial charge >= 0.3 is 0 Å². The van der Waals surface area contributed by atoms with E-state index in [2.05, 4.69) is 17.1 Å². The molecule has 0 saturated heterocycles. The van der Waals surface area contributed by atoms with E-state index >= 15 is 0 Å². The van der Waals surface area contributed by atoms with Crippen LogP contribution in [0.1, 0.15) is 34.5 Å². The first kappa shape index (κ1) is 17.0. The SMILES string of the molecule is CCN(C)c1ccc(C(=O)NCC(O)c2ccccc2C)cc1. The number of carbonyl (C=O) groups is 1. The first-order chi connectivity index (χ1) is 11.0. The number of rotatable bonds is 6. The number of amides is 1. The lowest BCUT2D eigenvalue weighted by atomic mass is 10.0. The largest absolute Gasteiger partial charge is 0.387 e. The van der Waals surface area contributed by atoms with Crippen LogP contribution >= 0.6 is 0 Å². The van der Waals surface area contributed by atoms with Gasteiger partial charge in [0.2, 0.25) is 0 Å². The first-order valence-corrected chi connectivity index (χ1v) is 7.86. The fraction of sp³-hybridized carbons (Fsp3) is 0.316. The molecule has 23 heavy (non-hydrogen) atoms. The van der Waals surface area contributed by atoms with Gasteiger partial charge in [0, 0.05) is 31.4 Å². The second kappa shape index (κ2) is 7.79. The lowest BCUT2D eigenvalue weighted by Crippen LogP contribution is -2.28. The molecule has 4 nitrogen and oxygen atoms in total. The highest BCUT2D eigenvalue weighted by atomic mass is 16.3. The molecule has 2 aromatic rings. The number of nitrogens with one attached hydrogen (secondary N) is 1. The summed E-state index contributed by atoms with van der Waals surface area (Å²) >= 11 is 0. The van der Waals surface area contributed by atoms with Crippen molar-refractivity contribution < 1.29 is 9.90 Å². The number of hydrogen-bond acceptors (Lipinski definition) is 3. The number of benzene rings is 2. The molecule has 0 aliphatic heterocycles. The first-order valence-electron chi connectivity index (χ1n) is 7.86. The summed E-state index contributed by atoms with van der Waals surface area (Å²) in [6.07, 6.45) is -0.703. The van der Waals surface area contributed by atoms with E-state index < -0.39 is 6.10 Å². The van der Waals surface area contributed by atoms with Gasteiger partial charge < -0.3 is 15.3 Å². The van der Waals surface area contributed by atoms with Crippen molar-refractivity contribution in [3.63, 3.8) is 0 Å². The van der Waals surface area contributed by atoms with Gasteiger partial charge in [-0.25, -0.2) is 0 Å². The molecule has 122 valence electrons. The second-order valence-electron chi connectivity index (χ2n) is 5.64. The number of aliphatic hydroxyl groups excluding tert-OH is 1. The zero-order valence-electron chi connectivity index (χ0n) is 13.9. The molecule has 0 radical (unpaired) electrons. The van der Waals surface area contributed by atoms with Crippen LogP contribution in [0.25, 0.3) is 0 Å². The number of nitrogens with zero attached hydrogens (tertiary/aromatic N) is 1. The third-order valence-corrected chi connectivity index (χ3v) is 4.05. The van der Waals surface area contributed by atoms with E-state index in [1.807, 2.05) is 50.4 Å². The van der Waals surface area contributed by atoms with Crippen LogP contribution in [0.2, 0.25) is 0 Å². The Morgan fingerprint density at radius 1 is 1.17 bits per heavy atom. The monoisotopic (exact) mass is 312 g/mol. The molecule has 0 fully saturated rings. The molecule has 1 amide bonds. The Labute approximate surface area is 137 Å². The number of hydrogen-bond donors (Lipinski definition) is 2. The molecule has 1 atom stereocenters. The van der Waals surface area contributed by atoms with Crippen LogP contribution in [-0.4, -0.2) is 31.2 Å². The summed E-state index contributed by atoms with van der Waals surface area (Å²) in [7, 11) is 2.01. The van der Waals surface area contributed by atoms with E-state index in [0.29, 0.717) is 5.56 Å². The van der Waals surface area contributed by atoms with Gasteiger partial charge in [0.1, 0.15) is 0 Å². The molecular weight excluding hydrogens is 288 g/mol. The molecule has 0 heterocycles. The summed E-state index contributed by atoms with van der Waals surface area (Å²) in [6, 6.07) is 15.1. The summed E-state index contributed by atoms with van der Waals surface area (Å²) in [5.74, 6) is -0.177. The predicted octanol–water partition coefficient (Wildman–Crippen LogP) is 2.91. The molecule has 2 aromatic carbocycles. The van der Waals surface area contributed by atoms with Gasteiger partial charge in [-0.3, -0.25) is 4.79 Å². The quantitative estimate of drug-likeness (QED) is 0.862. The Hall–Kier alpha value is -2.33. The normalized spacial score (nSPS) is 11.8. The van der Waals surface area contributed by atoms with Gasteiger partial charge in [0.05, 0.1) is 6.10 Å². The number of aliphatic hydroxyl groups is 1. The van der Waals surface area contributed by atoms with Crippen molar-refractivity contribution in [1.82, 2.24) is 5.32 Å². The molecular formula is C19H24N2O2. The van der Waals surface area contributed by atoms with Crippen molar-refractivity contribution in [2.45, 2.75) is 20.0 Å². The van der Waals surface area contributed by atoms with Crippen LogP contribution in [0.3, 0.4) is 0 Å². The molecule has 0 aliphatic carbocycles. The molecule has 2 N–H and O–H groups in total. The highest BCUT2D eigenvalue weighted by Crippen LogP contribution is 2.17. The van der Waals surface area contributed by atoms with Crippen molar-refractivity contribution in [2.75, 3.05) is 25.0 Å². The van der Waals surface area contributed by atoms with Crippen molar-refractivity contribution in [3.8, 4) is 0 Å². The number of carbonyl (C=O) groups excluding carboxylic acids is 1. The van der Waals surface area contributed by atoms with Crippen molar-refractivity contribution in [3.05, 3.63) is 65.2 Å². The Kier molecular flexibility index (Phi) is 5.77. The Morgan fingerprint density at radius 2 is 1.83 bits per heavy atom. The van der Waals surface area contributed by atoms with Crippen molar-refractivity contribution in [2.24, 2.45) is 0 Å². The minimum Gasteiger partial charge on any atom is -0.387 e. The molecule has 0 bridgehead atoms. The van der Waals surface area contributed by atoms with Crippen LogP contribution in [-0.2, 0) is 0 Å². The Balaban J connectivity index is 1.96. The van der Waals surface area contributed by atoms with Crippen LogP contribution in [0.4, 0.5) is 5.69 Å². The fourth-order valence-corrected chi connectivity index (χ4v) is 2.41. The molecule has 1 unspecified atom stereocenters. The molecule has 0 aliphatic rings. The molecule has 0 aromatic heterocycles. The maximum Gasteiger partial charge on any atom is 0.251 e. The maximum atomic E-state index is 12.2. The summed E-state index contributed by atoms with van der Waals surface area (Å²) in [5, 5.41) is 13.0. The number of anilines is 1. The highest BCUT2D eigenvalue weighted by Gasteiger charge is 2.12. The van der Waals surface area contributed by atoms with E-state index in [1.54, 1.807) is 12.1 Å². The van der Waals surface area contributed by atoms with E-state index in [1.165, 1.54) is 0 Å². The van der Waals surface area contributed by atoms with E-state index in [-0.39, 0.29) is 12.5 Å². The summed E-state index contributed by atoms with van der Waals surface area (Å²) in [4.78, 5) is 14.3. The zero-order valence-corrected chi connectivity index (χ0v) is 13.9. The third-order valence-electron chi connectivity index (χ3n) is 4.05. The van der Waals surface area contributed by atoms with Gasteiger partial charge in [-0.2, -0.15) is 0 Å². The van der Waals surface area contributed by atoms with Crippen molar-refractivity contribution >= 4 is 11.6 Å². The van der Waals surface area contributed by atoms with Gasteiger partial charge in [0.25, 0.3) is 5.91 Å². The van der Waals surface area contributed by atoms with Crippen LogP contribution < -0.4 is 10.2 Å². The summed E-state index contributed by atoms with van der Waals surface area (Å²) in [5.41, 5.74) is 3.52. The van der Waals surface area contributed by atoms with E-state index in [9.17, 15) is 9.90 Å². The topological polar surface area (TPSA) is 52.6 Å². The highest BCUT2D eigenvalue weighted by molar-refractivity contribution is 5.94. The predicted molar refractivity (Wildman–Crippen MR) is 93.9 cm³/mol. The maximum absolute atomic E-state index is 12.2. The molecule has 0 spiro atoms. The van der Waals surface area contributed by atoms with Gasteiger partial charge in [-0.15, -0.1) is 0 Å². The molecule has 2 rings (SSSR count). The number of aryl methyl sites for hydroxylation is 1. The Bertz CT molecular complexity index is 653. The minimum absolute atomic E-state index is 0.177. The van der Waals surface area contributed by atoms with Crippen LogP contribution in [0, 0.1) is 6.92 Å². The van der Waals surface area contributed by atoms with E-state index in [4.69, 9.17) is 0 Å². The molecule has 4 heteroatoms. The summed E-state index contributed by atoms with van der Waals surface area (Å²) < 4.78 is 0. The Morgan fingerprint density at radius 3 is 2.43 bits per heavy atom. The van der Waals surface area contributed by atoms with Crippen LogP contribution in [0.5, 0.6) is 0 Å². The lowest BCUT2D eigenvalue weighted by molar-refractivity contribution is 0.0916. The summed E-state index contributed by atoms with van der Waals surface area (Å²) in [6.45, 7) is 5.13. The van der Waals surface area contributed by atoms with Gasteiger partial charge in [-0.1, -0.05) is 24.3 Å². The smallest absolute Gasteiger partial charge is 0.251 e. The lowest BCUT2D eigenvalue weighted by Gasteiger charge is -2.17. The van der Waals surface area contributed by atoms with E-state index in [0.717, 1.165) is 23.4 Å². The standard InChI is InChI=1S/C19H24N2O2/c1-4-21(3)16-11-9-15(10-12-16)19(23)20-13-18(22)17-8-6-5-7-14(17)2/h5-12,18,22H,4,13H2,1-3H3,(H,20,23). The van der Waals surface area contributed by atoms with Crippen molar-refractivity contribution in [1.29, 1.82) is 0 Å². The minimum atomic E-state index is -0.703. The average molecular weight is 312 g/mol. The van der Waals surface area contributed by atoms with Crippen LogP contribution in [0.15, 0.2) is 48.5 Å². The average Bonchev–Trinajstić information content (AvgIpc) is 2.59. The third kappa shape index (κ3) is 4.33. The van der Waals surface area contributed by atoms with Gasteiger partial charge in [0.15, 0.2) is 0 Å². The zero-order chi connectivity index (χ0) is 16.8. The second-order valence-corrected chi connectivity index (χ2v) is 5.64. The fourth-order valence-electron chi connectivity index (χ4n) is 2.41.